The first kappa shape index (κ1) is 21.1. The van der Waals surface area contributed by atoms with Crippen LogP contribution in [0.2, 0.25) is 0 Å². The molecule has 0 aromatic heterocycles. The average molecular weight is 405 g/mol. The van der Waals surface area contributed by atoms with Gasteiger partial charge in [-0.3, -0.25) is 9.69 Å². The molecule has 1 atom stereocenters. The van der Waals surface area contributed by atoms with Gasteiger partial charge in [0.25, 0.3) is 0 Å². The van der Waals surface area contributed by atoms with Gasteiger partial charge in [0, 0.05) is 26.2 Å². The van der Waals surface area contributed by atoms with Crippen molar-refractivity contribution in [3.05, 3.63) is 71.3 Å². The number of rotatable bonds is 6. The van der Waals surface area contributed by atoms with Crippen LogP contribution in [0.25, 0.3) is 0 Å². The second kappa shape index (κ2) is 10.3. The Morgan fingerprint density at radius 1 is 0.867 bits per heavy atom. The van der Waals surface area contributed by atoms with Gasteiger partial charge >= 0.3 is 0 Å². The normalized spacial score (nSPS) is 21.0. The highest BCUT2D eigenvalue weighted by atomic mass is 16.2. The standard InChI is InChI=1S/C27H36N2O/c1-2-22-10-12-25(13-11-22)20-28-16-6-9-26(21-28)27(30)29-17-14-24(15-18-29)19-23-7-4-3-5-8-23/h3-5,7-8,10-13,24,26H,2,6,9,14-21H2,1H3. The molecule has 30 heavy (non-hydrogen) atoms. The SMILES string of the molecule is CCc1ccc(CN2CCCC(C(=O)N3CCC(Cc4ccccc4)CC3)C2)cc1. The van der Waals surface area contributed by atoms with Crippen LogP contribution in [-0.2, 0) is 24.2 Å². The van der Waals surface area contributed by atoms with E-state index in [0.29, 0.717) is 11.8 Å². The molecule has 0 saturated carbocycles. The summed E-state index contributed by atoms with van der Waals surface area (Å²) in [6, 6.07) is 19.8. The van der Waals surface area contributed by atoms with Crippen molar-refractivity contribution in [2.75, 3.05) is 26.2 Å². The lowest BCUT2D eigenvalue weighted by Crippen LogP contribution is -2.47. The first-order valence-electron chi connectivity index (χ1n) is 11.8. The van der Waals surface area contributed by atoms with E-state index < -0.39 is 0 Å². The number of benzene rings is 2. The summed E-state index contributed by atoms with van der Waals surface area (Å²) in [5.41, 5.74) is 4.18. The Labute approximate surface area is 182 Å². The third kappa shape index (κ3) is 5.51. The van der Waals surface area contributed by atoms with E-state index in [1.807, 2.05) is 0 Å². The van der Waals surface area contributed by atoms with Crippen molar-refractivity contribution in [3.63, 3.8) is 0 Å². The summed E-state index contributed by atoms with van der Waals surface area (Å²) in [7, 11) is 0. The fourth-order valence-corrected chi connectivity index (χ4v) is 5.10. The molecule has 4 rings (SSSR count). The molecule has 2 aromatic carbocycles. The second-order valence-corrected chi connectivity index (χ2v) is 9.20. The molecule has 2 aliphatic rings. The predicted molar refractivity (Wildman–Crippen MR) is 123 cm³/mol. The molecule has 2 aromatic rings. The summed E-state index contributed by atoms with van der Waals surface area (Å²) in [6.45, 7) is 7.06. The summed E-state index contributed by atoms with van der Waals surface area (Å²) >= 11 is 0. The number of amides is 1. The van der Waals surface area contributed by atoms with Gasteiger partial charge in [-0.15, -0.1) is 0 Å². The smallest absolute Gasteiger partial charge is 0.226 e. The highest BCUT2D eigenvalue weighted by molar-refractivity contribution is 5.79. The predicted octanol–water partition coefficient (Wildman–Crippen LogP) is 4.94. The van der Waals surface area contributed by atoms with Crippen molar-refractivity contribution in [2.45, 2.75) is 52.0 Å². The Morgan fingerprint density at radius 3 is 2.27 bits per heavy atom. The van der Waals surface area contributed by atoms with Gasteiger partial charge in [-0.05, 0) is 67.7 Å². The molecule has 2 fully saturated rings. The van der Waals surface area contributed by atoms with Crippen LogP contribution < -0.4 is 0 Å². The van der Waals surface area contributed by atoms with Gasteiger partial charge in [-0.25, -0.2) is 0 Å². The van der Waals surface area contributed by atoms with Gasteiger partial charge in [0.2, 0.25) is 5.91 Å². The van der Waals surface area contributed by atoms with Gasteiger partial charge in [0.15, 0.2) is 0 Å². The highest BCUT2D eigenvalue weighted by Gasteiger charge is 2.31. The van der Waals surface area contributed by atoms with Gasteiger partial charge in [-0.2, -0.15) is 0 Å². The fourth-order valence-electron chi connectivity index (χ4n) is 5.10. The summed E-state index contributed by atoms with van der Waals surface area (Å²) in [6.07, 6.45) is 6.70. The Morgan fingerprint density at radius 2 is 1.57 bits per heavy atom. The van der Waals surface area contributed by atoms with Crippen molar-refractivity contribution in [3.8, 4) is 0 Å². The van der Waals surface area contributed by atoms with Gasteiger partial charge in [0.05, 0.1) is 5.92 Å². The maximum Gasteiger partial charge on any atom is 0.226 e. The Hall–Kier alpha value is -2.13. The minimum Gasteiger partial charge on any atom is -0.342 e. The molecule has 2 heterocycles. The molecular weight excluding hydrogens is 368 g/mol. The van der Waals surface area contributed by atoms with E-state index in [1.54, 1.807) is 0 Å². The van der Waals surface area contributed by atoms with Crippen LogP contribution in [-0.4, -0.2) is 41.9 Å². The molecular formula is C27H36N2O. The minimum absolute atomic E-state index is 0.180. The van der Waals surface area contributed by atoms with E-state index in [4.69, 9.17) is 0 Å². The van der Waals surface area contributed by atoms with E-state index >= 15 is 0 Å². The number of likely N-dealkylation sites (tertiary alicyclic amines) is 2. The van der Waals surface area contributed by atoms with Crippen LogP contribution in [0.3, 0.4) is 0 Å². The van der Waals surface area contributed by atoms with Gasteiger partial charge in [0.1, 0.15) is 0 Å². The van der Waals surface area contributed by atoms with Crippen LogP contribution in [0.1, 0.15) is 49.3 Å². The van der Waals surface area contributed by atoms with Gasteiger partial charge in [-0.1, -0.05) is 61.5 Å². The van der Waals surface area contributed by atoms with Crippen molar-refractivity contribution in [1.82, 2.24) is 9.80 Å². The maximum atomic E-state index is 13.2. The number of nitrogens with zero attached hydrogens (tertiary/aromatic N) is 2. The molecule has 0 bridgehead atoms. The third-order valence-corrected chi connectivity index (χ3v) is 6.99. The fraction of sp³-hybridized carbons (Fsp3) is 0.519. The zero-order valence-electron chi connectivity index (χ0n) is 18.4. The van der Waals surface area contributed by atoms with E-state index in [0.717, 1.165) is 71.2 Å². The minimum atomic E-state index is 0.180. The maximum absolute atomic E-state index is 13.2. The van der Waals surface area contributed by atoms with Crippen LogP contribution in [0.4, 0.5) is 0 Å². The molecule has 0 N–H and O–H groups in total. The first-order valence-corrected chi connectivity index (χ1v) is 11.8. The number of carbonyl (C=O) groups excluding carboxylic acids is 1. The highest BCUT2D eigenvalue weighted by Crippen LogP contribution is 2.26. The average Bonchev–Trinajstić information content (AvgIpc) is 2.80. The lowest BCUT2D eigenvalue weighted by atomic mass is 9.89. The largest absolute Gasteiger partial charge is 0.342 e. The zero-order chi connectivity index (χ0) is 20.8. The van der Waals surface area contributed by atoms with Gasteiger partial charge < -0.3 is 4.90 Å². The molecule has 3 heteroatoms. The summed E-state index contributed by atoms with van der Waals surface area (Å²) in [5, 5.41) is 0. The first-order chi connectivity index (χ1) is 14.7. The monoisotopic (exact) mass is 404 g/mol. The molecule has 0 spiro atoms. The van der Waals surface area contributed by atoms with E-state index in [1.165, 1.54) is 16.7 Å². The number of hydrogen-bond donors (Lipinski definition) is 0. The Balaban J connectivity index is 1.26. The van der Waals surface area contributed by atoms with E-state index in [2.05, 4.69) is 71.3 Å². The molecule has 1 amide bonds. The third-order valence-electron chi connectivity index (χ3n) is 6.99. The molecule has 0 radical (unpaired) electrons. The molecule has 1 unspecified atom stereocenters. The molecule has 160 valence electrons. The number of piperidine rings is 2. The van der Waals surface area contributed by atoms with Crippen LogP contribution in [0.15, 0.2) is 54.6 Å². The lowest BCUT2D eigenvalue weighted by Gasteiger charge is -2.38. The van der Waals surface area contributed by atoms with Crippen LogP contribution in [0, 0.1) is 11.8 Å². The van der Waals surface area contributed by atoms with Crippen LogP contribution >= 0.6 is 0 Å². The van der Waals surface area contributed by atoms with E-state index in [9.17, 15) is 4.79 Å². The topological polar surface area (TPSA) is 23.6 Å². The van der Waals surface area contributed by atoms with E-state index in [-0.39, 0.29) is 5.92 Å². The molecule has 2 saturated heterocycles. The molecule has 3 nitrogen and oxygen atoms in total. The summed E-state index contributed by atoms with van der Waals surface area (Å²) in [4.78, 5) is 17.8. The van der Waals surface area contributed by atoms with Crippen molar-refractivity contribution in [2.24, 2.45) is 11.8 Å². The van der Waals surface area contributed by atoms with Crippen LogP contribution in [0.5, 0.6) is 0 Å². The Bertz CT molecular complexity index is 793. The number of hydrogen-bond acceptors (Lipinski definition) is 2. The Kier molecular flexibility index (Phi) is 7.22. The second-order valence-electron chi connectivity index (χ2n) is 9.20. The number of carbonyl (C=O) groups is 1. The van der Waals surface area contributed by atoms with Crippen molar-refractivity contribution in [1.29, 1.82) is 0 Å². The van der Waals surface area contributed by atoms with Crippen molar-refractivity contribution < 1.29 is 4.79 Å². The summed E-state index contributed by atoms with van der Waals surface area (Å²) < 4.78 is 0. The number of aryl methyl sites for hydroxylation is 1. The quantitative estimate of drug-likeness (QED) is 0.681. The molecule has 2 aliphatic heterocycles. The summed E-state index contributed by atoms with van der Waals surface area (Å²) in [5.74, 6) is 1.30. The van der Waals surface area contributed by atoms with Crippen molar-refractivity contribution >= 4 is 5.91 Å². The lowest BCUT2D eigenvalue weighted by molar-refractivity contribution is -0.138. The zero-order valence-corrected chi connectivity index (χ0v) is 18.4. The molecule has 0 aliphatic carbocycles.